The molecule has 24 heavy (non-hydrogen) atoms. The molecule has 0 saturated carbocycles. The normalized spacial score (nSPS) is 12.8. The fourth-order valence-electron chi connectivity index (χ4n) is 2.39. The minimum Gasteiger partial charge on any atom is -0.482 e. The van der Waals surface area contributed by atoms with Gasteiger partial charge in [0.25, 0.3) is 11.8 Å². The summed E-state index contributed by atoms with van der Waals surface area (Å²) in [4.78, 5) is 23.8. The number of nitrogens with one attached hydrogen (secondary N) is 2. The van der Waals surface area contributed by atoms with Crippen LogP contribution in [0.3, 0.4) is 0 Å². The number of benzene rings is 2. The monoisotopic (exact) mass is 326 g/mol. The highest BCUT2D eigenvalue weighted by Crippen LogP contribution is 2.29. The van der Waals surface area contributed by atoms with Gasteiger partial charge in [-0.1, -0.05) is 18.2 Å². The van der Waals surface area contributed by atoms with E-state index in [-0.39, 0.29) is 18.4 Å². The molecule has 124 valence electrons. The van der Waals surface area contributed by atoms with Crippen molar-refractivity contribution in [1.82, 2.24) is 0 Å². The van der Waals surface area contributed by atoms with E-state index < -0.39 is 0 Å². The van der Waals surface area contributed by atoms with Gasteiger partial charge >= 0.3 is 0 Å². The van der Waals surface area contributed by atoms with Crippen LogP contribution >= 0.6 is 0 Å². The van der Waals surface area contributed by atoms with Crippen LogP contribution in [0.5, 0.6) is 5.75 Å². The first-order valence-corrected chi connectivity index (χ1v) is 7.71. The van der Waals surface area contributed by atoms with Crippen molar-refractivity contribution < 1.29 is 19.1 Å². The van der Waals surface area contributed by atoms with Crippen molar-refractivity contribution in [2.24, 2.45) is 0 Å². The van der Waals surface area contributed by atoms with Crippen LogP contribution in [0.4, 0.5) is 11.4 Å². The average Bonchev–Trinajstić information content (AvgIpc) is 2.60. The smallest absolute Gasteiger partial charge is 0.262 e. The molecule has 1 heterocycles. The molecule has 3 rings (SSSR count). The SMILES string of the molecule is CCOCc1ccccc1NC(=O)c1ccc2c(c1)OCC(=O)N2. The van der Waals surface area contributed by atoms with E-state index in [0.717, 1.165) is 5.56 Å². The predicted octanol–water partition coefficient (Wildman–Crippen LogP) is 2.81. The largest absolute Gasteiger partial charge is 0.482 e. The van der Waals surface area contributed by atoms with E-state index in [2.05, 4.69) is 10.6 Å². The molecule has 1 aliphatic heterocycles. The van der Waals surface area contributed by atoms with Crippen LogP contribution < -0.4 is 15.4 Å². The molecule has 0 aliphatic carbocycles. The Labute approximate surface area is 139 Å². The Bertz CT molecular complexity index is 773. The minimum atomic E-state index is -0.248. The Kier molecular flexibility index (Phi) is 4.77. The molecule has 0 radical (unpaired) electrons. The highest BCUT2D eigenvalue weighted by molar-refractivity contribution is 6.06. The van der Waals surface area contributed by atoms with Gasteiger partial charge in [0.1, 0.15) is 5.75 Å². The van der Waals surface area contributed by atoms with Crippen LogP contribution in [0.1, 0.15) is 22.8 Å². The summed E-state index contributed by atoms with van der Waals surface area (Å²) in [6.45, 7) is 2.92. The second-order valence-electron chi connectivity index (χ2n) is 5.30. The molecule has 2 aromatic rings. The van der Waals surface area contributed by atoms with Crippen LogP contribution in [-0.2, 0) is 16.1 Å². The number of rotatable bonds is 5. The van der Waals surface area contributed by atoms with E-state index in [4.69, 9.17) is 9.47 Å². The Morgan fingerprint density at radius 1 is 1.29 bits per heavy atom. The predicted molar refractivity (Wildman–Crippen MR) is 90.3 cm³/mol. The maximum absolute atomic E-state index is 12.5. The van der Waals surface area contributed by atoms with Crippen molar-refractivity contribution in [3.05, 3.63) is 53.6 Å². The van der Waals surface area contributed by atoms with Gasteiger partial charge in [-0.15, -0.1) is 0 Å². The number of hydrogen-bond acceptors (Lipinski definition) is 4. The summed E-state index contributed by atoms with van der Waals surface area (Å²) in [5.41, 5.74) is 2.65. The second-order valence-corrected chi connectivity index (χ2v) is 5.30. The second kappa shape index (κ2) is 7.14. The van der Waals surface area contributed by atoms with Crippen molar-refractivity contribution >= 4 is 23.2 Å². The fourth-order valence-corrected chi connectivity index (χ4v) is 2.39. The first kappa shape index (κ1) is 16.0. The zero-order valence-corrected chi connectivity index (χ0v) is 13.3. The number of anilines is 2. The van der Waals surface area contributed by atoms with Crippen molar-refractivity contribution in [3.63, 3.8) is 0 Å². The first-order valence-electron chi connectivity index (χ1n) is 7.71. The van der Waals surface area contributed by atoms with Crippen molar-refractivity contribution in [2.45, 2.75) is 13.5 Å². The number of hydrogen-bond donors (Lipinski definition) is 2. The zero-order valence-electron chi connectivity index (χ0n) is 13.3. The number of fused-ring (bicyclic) bond motifs is 1. The molecular weight excluding hydrogens is 308 g/mol. The summed E-state index contributed by atoms with van der Waals surface area (Å²) in [7, 11) is 0. The van der Waals surface area contributed by atoms with Crippen molar-refractivity contribution in [1.29, 1.82) is 0 Å². The van der Waals surface area contributed by atoms with E-state index in [1.54, 1.807) is 18.2 Å². The van der Waals surface area contributed by atoms with Gasteiger partial charge in [0.2, 0.25) is 0 Å². The van der Waals surface area contributed by atoms with Crippen LogP contribution in [0.15, 0.2) is 42.5 Å². The first-order chi connectivity index (χ1) is 11.7. The molecular formula is C18H18N2O4. The van der Waals surface area contributed by atoms with E-state index in [0.29, 0.717) is 35.9 Å². The molecule has 2 aromatic carbocycles. The lowest BCUT2D eigenvalue weighted by atomic mass is 10.1. The summed E-state index contributed by atoms with van der Waals surface area (Å²) in [5.74, 6) is 0.0386. The lowest BCUT2D eigenvalue weighted by Crippen LogP contribution is -2.25. The molecule has 6 heteroatoms. The number of amides is 2. The van der Waals surface area contributed by atoms with Crippen LogP contribution in [0.25, 0.3) is 0 Å². The van der Waals surface area contributed by atoms with Gasteiger partial charge in [0.05, 0.1) is 12.3 Å². The highest BCUT2D eigenvalue weighted by atomic mass is 16.5. The molecule has 0 spiro atoms. The number of carbonyl (C=O) groups excluding carboxylic acids is 2. The Hall–Kier alpha value is -2.86. The van der Waals surface area contributed by atoms with Crippen molar-refractivity contribution in [3.8, 4) is 5.75 Å². The fraction of sp³-hybridized carbons (Fsp3) is 0.222. The van der Waals surface area contributed by atoms with Gasteiger partial charge < -0.3 is 20.1 Å². The third kappa shape index (κ3) is 3.55. The quantitative estimate of drug-likeness (QED) is 0.886. The summed E-state index contributed by atoms with van der Waals surface area (Å²) in [6, 6.07) is 12.4. The van der Waals surface area contributed by atoms with Gasteiger partial charge in [-0.25, -0.2) is 0 Å². The molecule has 2 N–H and O–H groups in total. The Balaban J connectivity index is 1.77. The Morgan fingerprint density at radius 3 is 2.96 bits per heavy atom. The van der Waals surface area contributed by atoms with Gasteiger partial charge in [-0.3, -0.25) is 9.59 Å². The van der Waals surface area contributed by atoms with E-state index in [1.807, 2.05) is 31.2 Å². The standard InChI is InChI=1S/C18H18N2O4/c1-2-23-10-13-5-3-4-6-14(13)20-18(22)12-7-8-15-16(9-12)24-11-17(21)19-15/h3-9H,2,10-11H2,1H3,(H,19,21)(H,20,22). The zero-order chi connectivity index (χ0) is 16.9. The Morgan fingerprint density at radius 2 is 2.12 bits per heavy atom. The third-order valence-electron chi connectivity index (χ3n) is 3.60. The van der Waals surface area contributed by atoms with E-state index in [1.165, 1.54) is 0 Å². The molecule has 0 atom stereocenters. The maximum atomic E-state index is 12.5. The lowest BCUT2D eigenvalue weighted by Gasteiger charge is -2.18. The summed E-state index contributed by atoms with van der Waals surface area (Å²) >= 11 is 0. The van der Waals surface area contributed by atoms with Gasteiger partial charge in [0.15, 0.2) is 6.61 Å². The molecule has 0 fully saturated rings. The third-order valence-corrected chi connectivity index (χ3v) is 3.60. The van der Waals surface area contributed by atoms with Gasteiger partial charge in [0, 0.05) is 23.4 Å². The van der Waals surface area contributed by atoms with Crippen molar-refractivity contribution in [2.75, 3.05) is 23.8 Å². The van der Waals surface area contributed by atoms with Crippen LogP contribution in [-0.4, -0.2) is 25.0 Å². The molecule has 0 saturated heterocycles. The molecule has 0 aromatic heterocycles. The molecule has 6 nitrogen and oxygen atoms in total. The number of carbonyl (C=O) groups is 2. The summed E-state index contributed by atoms with van der Waals surface area (Å²) in [6.07, 6.45) is 0. The number of ether oxygens (including phenoxy) is 2. The molecule has 0 unspecified atom stereocenters. The van der Waals surface area contributed by atoms with Gasteiger partial charge in [-0.05, 0) is 31.2 Å². The molecule has 1 aliphatic rings. The molecule has 2 amide bonds. The summed E-state index contributed by atoms with van der Waals surface area (Å²) in [5, 5.41) is 5.59. The number of para-hydroxylation sites is 1. The summed E-state index contributed by atoms with van der Waals surface area (Å²) < 4.78 is 10.8. The van der Waals surface area contributed by atoms with E-state index in [9.17, 15) is 9.59 Å². The maximum Gasteiger partial charge on any atom is 0.262 e. The lowest BCUT2D eigenvalue weighted by molar-refractivity contribution is -0.118. The van der Waals surface area contributed by atoms with Gasteiger partial charge in [-0.2, -0.15) is 0 Å². The van der Waals surface area contributed by atoms with Crippen LogP contribution in [0.2, 0.25) is 0 Å². The molecule has 0 bridgehead atoms. The highest BCUT2D eigenvalue weighted by Gasteiger charge is 2.18. The van der Waals surface area contributed by atoms with E-state index >= 15 is 0 Å². The average molecular weight is 326 g/mol. The topological polar surface area (TPSA) is 76.7 Å². The minimum absolute atomic E-state index is 0.0464. The van der Waals surface area contributed by atoms with Crippen LogP contribution in [0, 0.1) is 0 Å².